The van der Waals surface area contributed by atoms with E-state index in [-0.39, 0.29) is 35.8 Å². The fourth-order valence-electron chi connectivity index (χ4n) is 3.10. The molecule has 9 heteroatoms. The van der Waals surface area contributed by atoms with E-state index in [1.807, 2.05) is 30.3 Å². The highest BCUT2D eigenvalue weighted by Gasteiger charge is 2.18. The molecule has 0 aliphatic rings. The molecule has 4 aromatic rings. The average molecular weight is 420 g/mol. The van der Waals surface area contributed by atoms with Crippen LogP contribution in [0.2, 0.25) is 0 Å². The maximum absolute atomic E-state index is 12.9. The summed E-state index contributed by atoms with van der Waals surface area (Å²) < 4.78 is 18.9. The predicted octanol–water partition coefficient (Wildman–Crippen LogP) is 2.92. The minimum Gasteiger partial charge on any atom is -0.491 e. The SMILES string of the molecule is CCOC(=O)c1ccc(Cn2cc(OC)c(=O)c(-c3ccnn3-c3ccccc3)n2)o1. The van der Waals surface area contributed by atoms with E-state index in [0.29, 0.717) is 11.5 Å². The number of para-hydroxylation sites is 1. The number of carbonyl (C=O) groups excluding carboxylic acids is 1. The molecule has 0 saturated carbocycles. The lowest BCUT2D eigenvalue weighted by Gasteiger charge is -2.11. The van der Waals surface area contributed by atoms with Crippen molar-refractivity contribution in [3.63, 3.8) is 0 Å². The Balaban J connectivity index is 1.72. The molecule has 0 unspecified atom stereocenters. The molecule has 3 aromatic heterocycles. The van der Waals surface area contributed by atoms with Gasteiger partial charge in [0.25, 0.3) is 5.43 Å². The van der Waals surface area contributed by atoms with Gasteiger partial charge in [0, 0.05) is 0 Å². The van der Waals surface area contributed by atoms with Gasteiger partial charge in [-0.25, -0.2) is 9.48 Å². The van der Waals surface area contributed by atoms with Crippen molar-refractivity contribution in [1.82, 2.24) is 19.6 Å². The third-order valence-electron chi connectivity index (χ3n) is 4.50. The van der Waals surface area contributed by atoms with Crippen molar-refractivity contribution in [2.24, 2.45) is 0 Å². The summed E-state index contributed by atoms with van der Waals surface area (Å²) in [7, 11) is 1.42. The Morgan fingerprint density at radius 1 is 1.13 bits per heavy atom. The van der Waals surface area contributed by atoms with Crippen LogP contribution in [0.4, 0.5) is 0 Å². The van der Waals surface area contributed by atoms with Crippen LogP contribution in [0.15, 0.2) is 70.1 Å². The summed E-state index contributed by atoms with van der Waals surface area (Å²) in [6, 6.07) is 14.4. The molecule has 9 nitrogen and oxygen atoms in total. The lowest BCUT2D eigenvalue weighted by molar-refractivity contribution is 0.0487. The van der Waals surface area contributed by atoms with Gasteiger partial charge in [0.05, 0.1) is 44.0 Å². The van der Waals surface area contributed by atoms with Gasteiger partial charge >= 0.3 is 5.97 Å². The molecule has 4 rings (SSSR count). The van der Waals surface area contributed by atoms with Gasteiger partial charge in [-0.1, -0.05) is 18.2 Å². The van der Waals surface area contributed by atoms with Gasteiger partial charge in [0.1, 0.15) is 5.76 Å². The smallest absolute Gasteiger partial charge is 0.374 e. The van der Waals surface area contributed by atoms with Gasteiger partial charge in [-0.05, 0) is 37.3 Å². The molecular weight excluding hydrogens is 400 g/mol. The summed E-state index contributed by atoms with van der Waals surface area (Å²) >= 11 is 0. The van der Waals surface area contributed by atoms with Crippen LogP contribution in [-0.2, 0) is 11.3 Å². The molecule has 158 valence electrons. The molecule has 0 bridgehead atoms. The Labute approximate surface area is 177 Å². The monoisotopic (exact) mass is 420 g/mol. The Kier molecular flexibility index (Phi) is 5.65. The van der Waals surface area contributed by atoms with Crippen molar-refractivity contribution in [2.75, 3.05) is 13.7 Å². The highest BCUT2D eigenvalue weighted by molar-refractivity contribution is 5.86. The van der Waals surface area contributed by atoms with Crippen molar-refractivity contribution in [3.05, 3.63) is 82.7 Å². The highest BCUT2D eigenvalue weighted by Crippen LogP contribution is 2.20. The Hall–Kier alpha value is -4.14. The minimum absolute atomic E-state index is 0.104. The number of rotatable bonds is 7. The zero-order chi connectivity index (χ0) is 21.8. The van der Waals surface area contributed by atoms with Gasteiger partial charge in [-0.3, -0.25) is 9.48 Å². The maximum atomic E-state index is 12.9. The van der Waals surface area contributed by atoms with Crippen LogP contribution < -0.4 is 10.2 Å². The normalized spacial score (nSPS) is 10.8. The third kappa shape index (κ3) is 4.11. The van der Waals surface area contributed by atoms with Crippen molar-refractivity contribution in [3.8, 4) is 22.8 Å². The van der Waals surface area contributed by atoms with Gasteiger partial charge in [0.2, 0.25) is 5.76 Å². The Morgan fingerprint density at radius 2 is 1.94 bits per heavy atom. The largest absolute Gasteiger partial charge is 0.491 e. The van der Waals surface area contributed by atoms with Crippen LogP contribution in [0.25, 0.3) is 17.1 Å². The van der Waals surface area contributed by atoms with Crippen molar-refractivity contribution in [1.29, 1.82) is 0 Å². The van der Waals surface area contributed by atoms with Crippen LogP contribution in [0, 0.1) is 0 Å². The number of esters is 1. The van der Waals surface area contributed by atoms with E-state index in [1.54, 1.807) is 36.0 Å². The lowest BCUT2D eigenvalue weighted by atomic mass is 10.2. The van der Waals surface area contributed by atoms with Crippen LogP contribution in [-0.4, -0.2) is 39.2 Å². The maximum Gasteiger partial charge on any atom is 0.374 e. The average Bonchev–Trinajstić information content (AvgIpc) is 3.45. The standard InChI is InChI=1S/C22H20N4O5/c1-3-30-22(28)18-10-9-16(31-18)13-25-14-19(29-2)21(27)20(24-25)17-11-12-23-26(17)15-7-5-4-6-8-15/h4-12,14H,3,13H2,1-2H3. The first-order valence-corrected chi connectivity index (χ1v) is 9.62. The quantitative estimate of drug-likeness (QED) is 0.424. The molecule has 3 heterocycles. The second-order valence-corrected chi connectivity index (χ2v) is 6.52. The summed E-state index contributed by atoms with van der Waals surface area (Å²) in [6.45, 7) is 2.16. The molecule has 0 saturated heterocycles. The summed E-state index contributed by atoms with van der Waals surface area (Å²) in [5, 5.41) is 8.81. The molecule has 0 spiro atoms. The van der Waals surface area contributed by atoms with Gasteiger partial charge in [0.15, 0.2) is 11.4 Å². The first-order valence-electron chi connectivity index (χ1n) is 9.62. The number of hydrogen-bond donors (Lipinski definition) is 0. The van der Waals surface area contributed by atoms with Crippen molar-refractivity contribution < 1.29 is 18.7 Å². The Bertz CT molecular complexity index is 1260. The number of furan rings is 1. The van der Waals surface area contributed by atoms with E-state index in [2.05, 4.69) is 10.2 Å². The summed E-state index contributed by atoms with van der Waals surface area (Å²) in [5.74, 6) is 0.172. The molecule has 0 amide bonds. The molecule has 1 aromatic carbocycles. The van der Waals surface area contributed by atoms with Crippen LogP contribution in [0.5, 0.6) is 5.75 Å². The predicted molar refractivity (Wildman–Crippen MR) is 111 cm³/mol. The lowest BCUT2D eigenvalue weighted by Crippen LogP contribution is -2.18. The highest BCUT2D eigenvalue weighted by atomic mass is 16.5. The number of hydrogen-bond acceptors (Lipinski definition) is 7. The topological polar surface area (TPSA) is 101 Å². The molecule has 0 atom stereocenters. The Morgan fingerprint density at radius 3 is 2.68 bits per heavy atom. The molecule has 0 radical (unpaired) electrons. The number of nitrogens with zero attached hydrogens (tertiary/aromatic N) is 4. The summed E-state index contributed by atoms with van der Waals surface area (Å²) in [6.07, 6.45) is 3.09. The number of methoxy groups -OCH3 is 1. The number of carbonyl (C=O) groups is 1. The van der Waals surface area contributed by atoms with Gasteiger partial charge in [-0.15, -0.1) is 0 Å². The van der Waals surface area contributed by atoms with Gasteiger partial charge < -0.3 is 13.9 Å². The number of ether oxygens (including phenoxy) is 2. The van der Waals surface area contributed by atoms with E-state index in [0.717, 1.165) is 5.69 Å². The molecule has 0 fully saturated rings. The van der Waals surface area contributed by atoms with E-state index < -0.39 is 5.97 Å². The molecule has 0 N–H and O–H groups in total. The fourth-order valence-corrected chi connectivity index (χ4v) is 3.10. The zero-order valence-corrected chi connectivity index (χ0v) is 17.0. The number of benzene rings is 1. The van der Waals surface area contributed by atoms with Crippen LogP contribution in [0.1, 0.15) is 23.2 Å². The molecule has 31 heavy (non-hydrogen) atoms. The first kappa shape index (κ1) is 20.1. The van der Waals surface area contributed by atoms with E-state index in [9.17, 15) is 9.59 Å². The van der Waals surface area contributed by atoms with Crippen molar-refractivity contribution in [2.45, 2.75) is 13.5 Å². The van der Waals surface area contributed by atoms with E-state index in [4.69, 9.17) is 13.9 Å². The van der Waals surface area contributed by atoms with E-state index in [1.165, 1.54) is 18.0 Å². The second kappa shape index (κ2) is 8.70. The second-order valence-electron chi connectivity index (χ2n) is 6.52. The van der Waals surface area contributed by atoms with Crippen LogP contribution in [0.3, 0.4) is 0 Å². The zero-order valence-electron chi connectivity index (χ0n) is 17.0. The van der Waals surface area contributed by atoms with E-state index >= 15 is 0 Å². The number of aromatic nitrogens is 4. The minimum atomic E-state index is -0.536. The summed E-state index contributed by atoms with van der Waals surface area (Å²) in [4.78, 5) is 24.8. The van der Waals surface area contributed by atoms with Crippen molar-refractivity contribution >= 4 is 5.97 Å². The third-order valence-corrected chi connectivity index (χ3v) is 4.50. The molecule has 0 aliphatic heterocycles. The van der Waals surface area contributed by atoms with Crippen LogP contribution >= 0.6 is 0 Å². The fraction of sp³-hybridized carbons (Fsp3) is 0.182. The van der Waals surface area contributed by atoms with Gasteiger partial charge in [-0.2, -0.15) is 10.2 Å². The first-order chi connectivity index (χ1) is 15.1. The molecule has 0 aliphatic carbocycles. The molecular formula is C22H20N4O5. The summed E-state index contributed by atoms with van der Waals surface area (Å²) in [5.41, 5.74) is 1.14.